The second-order valence-corrected chi connectivity index (χ2v) is 7.69. The summed E-state index contributed by atoms with van der Waals surface area (Å²) in [5.74, 6) is -1.68. The Bertz CT molecular complexity index is 964. The molecule has 0 aromatic heterocycles. The molecule has 2 aromatic rings. The molecule has 0 fully saturated rings. The van der Waals surface area contributed by atoms with Gasteiger partial charge in [-0.05, 0) is 67.8 Å². The molecule has 0 atom stereocenters. The number of hydrogen-bond donors (Lipinski definition) is 2. The van der Waals surface area contributed by atoms with Crippen molar-refractivity contribution in [1.82, 2.24) is 0 Å². The molecule has 0 saturated heterocycles. The normalized spacial score (nSPS) is 11.1. The molecule has 0 aliphatic carbocycles. The van der Waals surface area contributed by atoms with Crippen LogP contribution in [0.15, 0.2) is 41.3 Å². The van der Waals surface area contributed by atoms with Crippen molar-refractivity contribution < 1.29 is 27.9 Å². The van der Waals surface area contributed by atoms with E-state index in [0.717, 1.165) is 6.07 Å². The SMILES string of the molecule is CCCOC(=O)c1ccc(NS(=O)(=O)c2cc(C(=O)O)cc(C)c2C)cc1. The Morgan fingerprint density at radius 2 is 1.70 bits per heavy atom. The van der Waals surface area contributed by atoms with Crippen LogP contribution < -0.4 is 4.72 Å². The molecule has 0 heterocycles. The number of benzene rings is 2. The van der Waals surface area contributed by atoms with E-state index in [0.29, 0.717) is 29.7 Å². The molecule has 144 valence electrons. The third-order valence-corrected chi connectivity index (χ3v) is 5.47. The van der Waals surface area contributed by atoms with Crippen molar-refractivity contribution in [2.75, 3.05) is 11.3 Å². The molecule has 0 aliphatic rings. The van der Waals surface area contributed by atoms with Gasteiger partial charge in [0.25, 0.3) is 10.0 Å². The number of carbonyl (C=O) groups is 2. The molecule has 2 aromatic carbocycles. The lowest BCUT2D eigenvalue weighted by molar-refractivity contribution is 0.0504. The number of carboxylic acids is 1. The van der Waals surface area contributed by atoms with Crippen LogP contribution in [0.1, 0.15) is 45.2 Å². The van der Waals surface area contributed by atoms with Crippen LogP contribution in [-0.4, -0.2) is 32.1 Å². The fraction of sp³-hybridized carbons (Fsp3) is 0.263. The second-order valence-electron chi connectivity index (χ2n) is 6.04. The van der Waals surface area contributed by atoms with E-state index in [2.05, 4.69) is 4.72 Å². The zero-order valence-electron chi connectivity index (χ0n) is 15.3. The number of carboxylic acid groups (broad SMARTS) is 1. The minimum absolute atomic E-state index is 0.104. The van der Waals surface area contributed by atoms with Gasteiger partial charge in [-0.15, -0.1) is 0 Å². The van der Waals surface area contributed by atoms with Gasteiger partial charge in [-0.2, -0.15) is 0 Å². The molecule has 2 rings (SSSR count). The zero-order valence-corrected chi connectivity index (χ0v) is 16.1. The van der Waals surface area contributed by atoms with Gasteiger partial charge in [0.15, 0.2) is 0 Å². The van der Waals surface area contributed by atoms with E-state index in [1.165, 1.54) is 30.3 Å². The number of ether oxygens (including phenoxy) is 1. The topological polar surface area (TPSA) is 110 Å². The standard InChI is InChI=1S/C19H21NO6S/c1-4-9-26-19(23)14-5-7-16(8-6-14)20-27(24,25)17-11-15(18(21)22)10-12(2)13(17)3/h5-8,10-11,20H,4,9H2,1-3H3,(H,21,22). The van der Waals surface area contributed by atoms with Gasteiger partial charge in [0.2, 0.25) is 0 Å². The monoisotopic (exact) mass is 391 g/mol. The lowest BCUT2D eigenvalue weighted by atomic mass is 10.1. The molecular formula is C19H21NO6S. The van der Waals surface area contributed by atoms with Gasteiger partial charge in [0.05, 0.1) is 22.6 Å². The van der Waals surface area contributed by atoms with E-state index in [1.54, 1.807) is 13.8 Å². The lowest BCUT2D eigenvalue weighted by Gasteiger charge is -2.13. The smallest absolute Gasteiger partial charge is 0.338 e. The van der Waals surface area contributed by atoms with Gasteiger partial charge >= 0.3 is 11.9 Å². The molecular weight excluding hydrogens is 370 g/mol. The largest absolute Gasteiger partial charge is 0.478 e. The maximum absolute atomic E-state index is 12.7. The summed E-state index contributed by atoms with van der Waals surface area (Å²) < 4.78 is 32.9. The van der Waals surface area contributed by atoms with Crippen LogP contribution in [0.4, 0.5) is 5.69 Å². The second kappa shape index (κ2) is 8.22. The van der Waals surface area contributed by atoms with E-state index in [1.807, 2.05) is 6.92 Å². The molecule has 27 heavy (non-hydrogen) atoms. The Morgan fingerprint density at radius 3 is 2.26 bits per heavy atom. The molecule has 0 radical (unpaired) electrons. The Hall–Kier alpha value is -2.87. The quantitative estimate of drug-likeness (QED) is 0.700. The summed E-state index contributed by atoms with van der Waals surface area (Å²) in [4.78, 5) is 22.9. The maximum atomic E-state index is 12.7. The number of rotatable bonds is 7. The zero-order chi connectivity index (χ0) is 20.2. The van der Waals surface area contributed by atoms with Crippen molar-refractivity contribution in [3.63, 3.8) is 0 Å². The van der Waals surface area contributed by atoms with Gasteiger partial charge in [-0.1, -0.05) is 6.92 Å². The van der Waals surface area contributed by atoms with Crippen molar-refractivity contribution in [2.45, 2.75) is 32.1 Å². The number of aromatic carboxylic acids is 1. The van der Waals surface area contributed by atoms with Crippen molar-refractivity contribution in [2.24, 2.45) is 0 Å². The van der Waals surface area contributed by atoms with E-state index in [4.69, 9.17) is 9.84 Å². The average Bonchev–Trinajstić information content (AvgIpc) is 2.61. The van der Waals surface area contributed by atoms with Crippen LogP contribution in [0.2, 0.25) is 0 Å². The predicted octanol–water partition coefficient (Wildman–Crippen LogP) is 3.37. The van der Waals surface area contributed by atoms with Crippen LogP contribution >= 0.6 is 0 Å². The van der Waals surface area contributed by atoms with E-state index in [9.17, 15) is 18.0 Å². The number of nitrogens with one attached hydrogen (secondary N) is 1. The van der Waals surface area contributed by atoms with E-state index in [-0.39, 0.29) is 16.1 Å². The summed E-state index contributed by atoms with van der Waals surface area (Å²) in [5.41, 5.74) is 1.48. The summed E-state index contributed by atoms with van der Waals surface area (Å²) in [6.07, 6.45) is 0.706. The van der Waals surface area contributed by atoms with Crippen LogP contribution in [0.5, 0.6) is 0 Å². The number of aryl methyl sites for hydroxylation is 1. The molecule has 0 spiro atoms. The summed E-state index contributed by atoms with van der Waals surface area (Å²) >= 11 is 0. The predicted molar refractivity (Wildman–Crippen MR) is 101 cm³/mol. The van der Waals surface area contributed by atoms with E-state index >= 15 is 0 Å². The van der Waals surface area contributed by atoms with Crippen LogP contribution in [0, 0.1) is 13.8 Å². The summed E-state index contributed by atoms with van der Waals surface area (Å²) in [6.45, 7) is 5.46. The highest BCUT2D eigenvalue weighted by Gasteiger charge is 2.21. The van der Waals surface area contributed by atoms with Gasteiger partial charge in [0, 0.05) is 5.69 Å². The first-order chi connectivity index (χ1) is 12.7. The van der Waals surface area contributed by atoms with Crippen LogP contribution in [0.25, 0.3) is 0 Å². The van der Waals surface area contributed by atoms with Gasteiger partial charge in [-0.3, -0.25) is 4.72 Å². The highest BCUT2D eigenvalue weighted by molar-refractivity contribution is 7.92. The minimum atomic E-state index is -4.00. The summed E-state index contributed by atoms with van der Waals surface area (Å²) in [6, 6.07) is 8.37. The number of hydrogen-bond acceptors (Lipinski definition) is 5. The summed E-state index contributed by atoms with van der Waals surface area (Å²) in [7, 11) is -4.00. The molecule has 8 heteroatoms. The number of esters is 1. The highest BCUT2D eigenvalue weighted by atomic mass is 32.2. The molecule has 2 N–H and O–H groups in total. The van der Waals surface area contributed by atoms with Crippen molar-refractivity contribution in [3.05, 3.63) is 58.7 Å². The molecule has 7 nitrogen and oxygen atoms in total. The summed E-state index contributed by atoms with van der Waals surface area (Å²) in [5, 5.41) is 9.17. The number of carbonyl (C=O) groups excluding carboxylic acids is 1. The van der Waals surface area contributed by atoms with Crippen LogP contribution in [-0.2, 0) is 14.8 Å². The van der Waals surface area contributed by atoms with Crippen LogP contribution in [0.3, 0.4) is 0 Å². The van der Waals surface area contributed by atoms with Crippen molar-refractivity contribution in [3.8, 4) is 0 Å². The van der Waals surface area contributed by atoms with E-state index < -0.39 is 22.0 Å². The third-order valence-electron chi connectivity index (χ3n) is 3.97. The lowest BCUT2D eigenvalue weighted by Crippen LogP contribution is -2.16. The van der Waals surface area contributed by atoms with Crippen molar-refractivity contribution >= 4 is 27.6 Å². The first kappa shape index (κ1) is 20.4. The first-order valence-electron chi connectivity index (χ1n) is 8.30. The average molecular weight is 391 g/mol. The third kappa shape index (κ3) is 4.85. The minimum Gasteiger partial charge on any atom is -0.478 e. The van der Waals surface area contributed by atoms with Crippen molar-refractivity contribution in [1.29, 1.82) is 0 Å². The maximum Gasteiger partial charge on any atom is 0.338 e. The number of sulfonamides is 1. The molecule has 0 unspecified atom stereocenters. The molecule has 0 amide bonds. The Kier molecular flexibility index (Phi) is 6.22. The fourth-order valence-electron chi connectivity index (χ4n) is 2.39. The highest BCUT2D eigenvalue weighted by Crippen LogP contribution is 2.24. The first-order valence-corrected chi connectivity index (χ1v) is 9.78. The Balaban J connectivity index is 2.29. The Labute approximate surface area is 158 Å². The number of anilines is 1. The Morgan fingerprint density at radius 1 is 1.07 bits per heavy atom. The molecule has 0 saturated carbocycles. The fourth-order valence-corrected chi connectivity index (χ4v) is 3.79. The van der Waals surface area contributed by atoms with Gasteiger partial charge in [0.1, 0.15) is 0 Å². The molecule has 0 aliphatic heterocycles. The van der Waals surface area contributed by atoms with Gasteiger partial charge < -0.3 is 9.84 Å². The van der Waals surface area contributed by atoms with Gasteiger partial charge in [-0.25, -0.2) is 18.0 Å². The molecule has 0 bridgehead atoms.